The molecular formula is C53H82Br2O10. The maximum atomic E-state index is 12.2. The molecule has 0 aromatic rings. The molecule has 7 fully saturated rings. The van der Waals surface area contributed by atoms with Crippen molar-refractivity contribution >= 4 is 43.8 Å². The van der Waals surface area contributed by atoms with Gasteiger partial charge in [0.15, 0.2) is 0 Å². The molecule has 0 spiro atoms. The van der Waals surface area contributed by atoms with Gasteiger partial charge in [0.25, 0.3) is 0 Å². The number of hydrogen-bond donors (Lipinski definition) is 2. The van der Waals surface area contributed by atoms with Crippen molar-refractivity contribution in [2.24, 2.45) is 63.1 Å². The van der Waals surface area contributed by atoms with Crippen molar-refractivity contribution in [2.45, 2.75) is 217 Å². The number of alkyl halides is 2. The van der Waals surface area contributed by atoms with Crippen LogP contribution in [0, 0.1) is 63.1 Å². The van der Waals surface area contributed by atoms with Gasteiger partial charge in [0, 0.05) is 37.0 Å². The number of fused-ring (bicyclic) bond motifs is 10. The summed E-state index contributed by atoms with van der Waals surface area (Å²) in [6.07, 6.45) is 18.0. The van der Waals surface area contributed by atoms with E-state index in [9.17, 15) is 19.8 Å². The number of ether oxygens (including phenoxy) is 2. The Labute approximate surface area is 407 Å². The molecule has 0 aromatic heterocycles. The quantitative estimate of drug-likeness (QED) is 0.0459. The van der Waals surface area contributed by atoms with Crippen LogP contribution in [0.5, 0.6) is 0 Å². The first kappa shape index (κ1) is 51.4. The molecule has 2 N–H and O–H groups in total. The number of carbonyl (C=O) groups excluding carboxylic acids is 2. The first-order chi connectivity index (χ1) is 30.7. The molecule has 19 atom stereocenters. The van der Waals surface area contributed by atoms with Gasteiger partial charge in [-0.25, -0.2) is 0 Å². The van der Waals surface area contributed by atoms with Crippen LogP contribution in [0.25, 0.3) is 0 Å². The first-order valence-electron chi connectivity index (χ1n) is 25.5. The molecule has 12 heteroatoms. The lowest BCUT2D eigenvalue weighted by Gasteiger charge is -2.62. The smallest absolute Gasteiger partial charge is 0.305 e. The summed E-state index contributed by atoms with van der Waals surface area (Å²) in [6.45, 7) is 24.8. The maximum absolute atomic E-state index is 12.2. The van der Waals surface area contributed by atoms with Crippen molar-refractivity contribution in [3.63, 3.8) is 0 Å². The van der Waals surface area contributed by atoms with Crippen LogP contribution in [0.1, 0.15) is 171 Å². The zero-order chi connectivity index (χ0) is 47.2. The fourth-order valence-electron chi connectivity index (χ4n) is 15.6. The Hall–Kier alpha value is -1.44. The molecule has 8 rings (SSSR count). The normalized spacial score (nSPS) is 45.9. The lowest BCUT2D eigenvalue weighted by molar-refractivity contribution is -0.313. The number of halogens is 2. The molecule has 8 aliphatic rings. The number of carbonyl (C=O) groups is 2. The van der Waals surface area contributed by atoms with Gasteiger partial charge in [0.05, 0.1) is 21.9 Å². The third kappa shape index (κ3) is 9.86. The summed E-state index contributed by atoms with van der Waals surface area (Å²) >= 11 is 7.67. The summed E-state index contributed by atoms with van der Waals surface area (Å²) < 4.78 is 11.8. The Morgan fingerprint density at radius 1 is 0.692 bits per heavy atom. The van der Waals surface area contributed by atoms with E-state index in [0.29, 0.717) is 47.5 Å². The molecule has 65 heavy (non-hydrogen) atoms. The Balaban J connectivity index is 0.000000194. The van der Waals surface area contributed by atoms with Gasteiger partial charge in [-0.1, -0.05) is 105 Å². The van der Waals surface area contributed by atoms with E-state index in [-0.39, 0.29) is 85.6 Å². The number of rotatable bonds is 13. The molecule has 0 aliphatic heterocycles. The standard InChI is InChI=1S/C27H43BrO5.C26H39BrO5/c1-6-8-16(3)32-33-18-9-11-26(4)17(13-18)14-22(29)24-19(26)10-12-27(5)20(24)15-21(28)25(27)31-23(30)7-2;1-6-7-15(2)31-32-18-8-10-25(4)17(12-18)13-22(29)23-19(25)9-11-26(5)20(23)14-21(27)24(26)30-16(3)28/h17-22,24-25,29H,3,6-15H2,1-2,4-5H3;13,18-24,29H,2,6-12,14H2,1,3-5H3/t17?,18-,19?,20?,21+,22-,24?,25-,26-,27-;18-,19?,20?,21+,22-,23?,24-,25-,26-/m00/s1. The molecule has 8 aliphatic carbocycles. The molecule has 0 bridgehead atoms. The zero-order valence-corrected chi connectivity index (χ0v) is 44.0. The summed E-state index contributed by atoms with van der Waals surface area (Å²) in [4.78, 5) is 46.7. The number of aliphatic hydroxyl groups excluding tert-OH is 2. The highest BCUT2D eigenvalue weighted by Gasteiger charge is 2.66. The summed E-state index contributed by atoms with van der Waals surface area (Å²) in [5, 5.41) is 22.8. The molecule has 368 valence electrons. The van der Waals surface area contributed by atoms with Gasteiger partial charge in [-0.2, -0.15) is 9.78 Å². The second-order valence-corrected chi connectivity index (χ2v) is 25.1. The summed E-state index contributed by atoms with van der Waals surface area (Å²) in [5.74, 6) is 3.58. The lowest BCUT2D eigenvalue weighted by atomic mass is 9.44. The van der Waals surface area contributed by atoms with Crippen LogP contribution in [0.2, 0.25) is 0 Å². The Morgan fingerprint density at radius 3 is 1.82 bits per heavy atom. The first-order valence-corrected chi connectivity index (χ1v) is 27.3. The SMILES string of the molecule is C=C(CCC)OO[C@H]1CC[C@@]2(C)C(=C[C@H](O)C3C2CC[C@@]2(C)C3C[C@@H](Br)[C@@H]2OC(C)=O)C1.C=C(CCC)OO[C@H]1CC[C@@]2(C)C(C1)C[C@H](O)C1C2CC[C@@]2(C)C1C[C@@H](Br)[C@@H]2OC(=O)CC. The number of aliphatic hydroxyl groups is 2. The number of hydrogen-bond acceptors (Lipinski definition) is 10. The van der Waals surface area contributed by atoms with E-state index in [1.54, 1.807) is 0 Å². The zero-order valence-electron chi connectivity index (χ0n) is 40.8. The van der Waals surface area contributed by atoms with Crippen LogP contribution in [-0.4, -0.2) is 68.4 Å². The van der Waals surface area contributed by atoms with E-state index in [1.807, 2.05) is 6.92 Å². The van der Waals surface area contributed by atoms with Gasteiger partial charge < -0.3 is 29.5 Å². The monoisotopic (exact) mass is 1040 g/mol. The fraction of sp³-hybridized carbons (Fsp3) is 0.849. The maximum Gasteiger partial charge on any atom is 0.305 e. The molecule has 7 saturated carbocycles. The van der Waals surface area contributed by atoms with Gasteiger partial charge in [-0.15, -0.1) is 0 Å². The predicted molar refractivity (Wildman–Crippen MR) is 258 cm³/mol. The van der Waals surface area contributed by atoms with Crippen molar-refractivity contribution in [1.29, 1.82) is 0 Å². The largest absolute Gasteiger partial charge is 0.461 e. The topological polar surface area (TPSA) is 130 Å². The van der Waals surface area contributed by atoms with Crippen molar-refractivity contribution in [3.05, 3.63) is 36.3 Å². The molecular weight excluding hydrogens is 956 g/mol. The average Bonchev–Trinajstić information content (AvgIpc) is 3.66. The van der Waals surface area contributed by atoms with Crippen LogP contribution in [-0.2, 0) is 38.6 Å². The number of allylic oxidation sites excluding steroid dienone is 2. The van der Waals surface area contributed by atoms with Crippen LogP contribution in [0.15, 0.2) is 36.3 Å². The lowest BCUT2D eigenvalue weighted by Crippen LogP contribution is -2.59. The molecule has 0 saturated heterocycles. The summed E-state index contributed by atoms with van der Waals surface area (Å²) in [5.41, 5.74) is 1.44. The van der Waals surface area contributed by atoms with E-state index in [2.05, 4.69) is 92.6 Å². The summed E-state index contributed by atoms with van der Waals surface area (Å²) in [7, 11) is 0. The highest BCUT2D eigenvalue weighted by Crippen LogP contribution is 2.68. The minimum absolute atomic E-state index is 0.00675. The highest BCUT2D eigenvalue weighted by molar-refractivity contribution is 9.09. The van der Waals surface area contributed by atoms with Gasteiger partial charge >= 0.3 is 11.9 Å². The van der Waals surface area contributed by atoms with E-state index < -0.39 is 6.10 Å². The van der Waals surface area contributed by atoms with Crippen molar-refractivity contribution in [3.8, 4) is 0 Å². The van der Waals surface area contributed by atoms with Crippen LogP contribution in [0.3, 0.4) is 0 Å². The predicted octanol–water partition coefficient (Wildman–Crippen LogP) is 12.2. The molecule has 7 unspecified atom stereocenters. The fourth-order valence-corrected chi connectivity index (χ4v) is 17.8. The van der Waals surface area contributed by atoms with Crippen LogP contribution in [0.4, 0.5) is 0 Å². The average molecular weight is 1040 g/mol. The van der Waals surface area contributed by atoms with Gasteiger partial charge in [0.2, 0.25) is 0 Å². The minimum atomic E-state index is -0.474. The van der Waals surface area contributed by atoms with E-state index in [0.717, 1.165) is 109 Å². The molecule has 0 amide bonds. The molecule has 10 nitrogen and oxygen atoms in total. The number of esters is 2. The molecule has 0 aromatic carbocycles. The molecule has 0 heterocycles. The summed E-state index contributed by atoms with van der Waals surface area (Å²) in [6, 6.07) is 0. The second kappa shape index (κ2) is 20.5. The Kier molecular flexibility index (Phi) is 16.2. The van der Waals surface area contributed by atoms with Crippen molar-refractivity contribution < 1.29 is 48.8 Å². The Bertz CT molecular complexity index is 1770. The van der Waals surface area contributed by atoms with Gasteiger partial charge in [0.1, 0.15) is 35.9 Å². The minimum Gasteiger partial charge on any atom is -0.461 e. The van der Waals surface area contributed by atoms with Crippen LogP contribution < -0.4 is 0 Å². The second-order valence-electron chi connectivity index (χ2n) is 22.8. The van der Waals surface area contributed by atoms with Crippen molar-refractivity contribution in [1.82, 2.24) is 0 Å². The molecule has 0 radical (unpaired) electrons. The highest BCUT2D eigenvalue weighted by atomic mass is 79.9. The van der Waals surface area contributed by atoms with E-state index in [1.165, 1.54) is 12.5 Å². The van der Waals surface area contributed by atoms with Gasteiger partial charge in [-0.05, 0) is 149 Å². The van der Waals surface area contributed by atoms with E-state index >= 15 is 0 Å². The van der Waals surface area contributed by atoms with Crippen LogP contribution >= 0.6 is 31.9 Å². The van der Waals surface area contributed by atoms with Gasteiger partial charge in [-0.3, -0.25) is 9.59 Å². The van der Waals surface area contributed by atoms with Crippen molar-refractivity contribution in [2.75, 3.05) is 0 Å². The third-order valence-electron chi connectivity index (χ3n) is 19.0. The van der Waals surface area contributed by atoms with E-state index in [4.69, 9.17) is 29.0 Å². The Morgan fingerprint density at radius 2 is 1.23 bits per heavy atom. The third-order valence-corrected chi connectivity index (χ3v) is 20.7.